The molecular weight excluding hydrogens is 363 g/mol. The van der Waals surface area contributed by atoms with E-state index in [-0.39, 0.29) is 50.8 Å². The van der Waals surface area contributed by atoms with E-state index in [4.69, 9.17) is 0 Å². The van der Waals surface area contributed by atoms with E-state index < -0.39 is 0 Å². The van der Waals surface area contributed by atoms with Gasteiger partial charge >= 0.3 is 0 Å². The Morgan fingerprint density at radius 3 is 0.917 bits per heavy atom. The molecule has 0 unspecified atom stereocenters. The zero-order chi connectivity index (χ0) is 6.71. The van der Waals surface area contributed by atoms with E-state index in [2.05, 4.69) is 30.4 Å². The Morgan fingerprint density at radius 2 is 0.917 bits per heavy atom. The number of hydrogen-bond acceptors (Lipinski definition) is 1. The fourth-order valence-corrected chi connectivity index (χ4v) is 0. The minimum Gasteiger partial charge on any atom is -0.521 e. The standard InChI is InChI=1S/2C2H3.4CH3.H5OSi2.Pt/c2*1-2;;;;;2-1-3;/h2*1H,2H2;4*1H3;2H2,3H3;/q6*-1;;. The third kappa shape index (κ3) is 3060. The maximum absolute atomic E-state index is 4.42. The first kappa shape index (κ1) is 80.7. The van der Waals surface area contributed by atoms with Crippen LogP contribution in [0.4, 0.5) is 0 Å². The van der Waals surface area contributed by atoms with Crippen LogP contribution in [0.5, 0.6) is 0 Å². The van der Waals surface area contributed by atoms with E-state index in [1.807, 2.05) is 0 Å². The topological polar surface area (TPSA) is 9.23 Å². The summed E-state index contributed by atoms with van der Waals surface area (Å²) in [6.07, 6.45) is 0. The average Bonchev–Trinajstić information content (AvgIpc) is 1.78. The Bertz CT molecular complexity index is 24.5. The Morgan fingerprint density at radius 1 is 0.917 bits per heavy atom. The minimum atomic E-state index is 0. The van der Waals surface area contributed by atoms with Crippen molar-refractivity contribution in [2.45, 2.75) is 0 Å². The van der Waals surface area contributed by atoms with Crippen molar-refractivity contribution in [3.63, 3.8) is 0 Å². The van der Waals surface area contributed by atoms with Crippen LogP contribution >= 0.6 is 0 Å². The Balaban J connectivity index is -0.00000000281. The van der Waals surface area contributed by atoms with Crippen molar-refractivity contribution < 1.29 is 25.2 Å². The van der Waals surface area contributed by atoms with Crippen molar-refractivity contribution in [1.82, 2.24) is 0 Å². The Labute approximate surface area is 102 Å². The van der Waals surface area contributed by atoms with E-state index in [0.29, 0.717) is 0 Å². The summed E-state index contributed by atoms with van der Waals surface area (Å²) in [6, 6.07) is 0. The van der Waals surface area contributed by atoms with Gasteiger partial charge < -0.3 is 47.0 Å². The van der Waals surface area contributed by atoms with E-state index in [1.54, 1.807) is 0 Å². The zero-order valence-electron chi connectivity index (χ0n) is 9.00. The smallest absolute Gasteiger partial charge is 0.157 e. The molecule has 85 valence electrons. The summed E-state index contributed by atoms with van der Waals surface area (Å²) in [5.41, 5.74) is 0. The zero-order valence-corrected chi connectivity index (χ0v) is 14.7. The summed E-state index contributed by atoms with van der Waals surface area (Å²) in [6.45, 7) is 14.0. The quantitative estimate of drug-likeness (QED) is 0.443. The van der Waals surface area contributed by atoms with Gasteiger partial charge in [0.25, 0.3) is 0 Å². The van der Waals surface area contributed by atoms with Crippen LogP contribution in [0.15, 0.2) is 13.2 Å². The summed E-state index contributed by atoms with van der Waals surface area (Å²) < 4.78 is 4.42. The van der Waals surface area contributed by atoms with E-state index in [0.717, 1.165) is 10.5 Å². The van der Waals surface area contributed by atoms with Crippen LogP contribution in [0, 0.1) is 42.9 Å². The van der Waals surface area contributed by atoms with Gasteiger partial charge in [0, 0.05) is 21.1 Å². The maximum atomic E-state index is 4.42. The van der Waals surface area contributed by atoms with Gasteiger partial charge in [-0.15, -0.1) is 0 Å². The molecule has 0 spiro atoms. The predicted octanol–water partition coefficient (Wildman–Crippen LogP) is 0.841. The van der Waals surface area contributed by atoms with Crippen molar-refractivity contribution in [2.75, 3.05) is 0 Å². The molecular formula is C8H23OPtSi2-6. The summed E-state index contributed by atoms with van der Waals surface area (Å²) >= 11 is 0. The molecule has 0 amide bonds. The van der Waals surface area contributed by atoms with Crippen LogP contribution in [0.25, 0.3) is 0 Å². The second kappa shape index (κ2) is 529. The third-order valence-corrected chi connectivity index (χ3v) is 0. The van der Waals surface area contributed by atoms with E-state index in [9.17, 15) is 0 Å². The predicted molar refractivity (Wildman–Crippen MR) is 65.1 cm³/mol. The van der Waals surface area contributed by atoms with Gasteiger partial charge in [-0.25, -0.2) is 0 Å². The second-order valence-electron chi connectivity index (χ2n) is 0.289. The normalized spacial score (nSPS) is 2.42. The molecule has 0 aliphatic heterocycles. The summed E-state index contributed by atoms with van der Waals surface area (Å²) in [5.74, 6) is 0. The van der Waals surface area contributed by atoms with Gasteiger partial charge in [-0.1, -0.05) is 0 Å². The van der Waals surface area contributed by atoms with Crippen molar-refractivity contribution >= 4 is 21.0 Å². The molecule has 0 aromatic heterocycles. The molecule has 0 aromatic carbocycles. The van der Waals surface area contributed by atoms with Crippen LogP contribution in [-0.4, -0.2) is 21.0 Å². The van der Waals surface area contributed by atoms with Crippen LogP contribution in [0.1, 0.15) is 0 Å². The van der Waals surface area contributed by atoms with E-state index in [1.165, 1.54) is 10.5 Å². The molecule has 1 radical (unpaired) electrons. The molecule has 0 N–H and O–H groups in total. The van der Waals surface area contributed by atoms with Crippen molar-refractivity contribution in [1.29, 1.82) is 0 Å². The van der Waals surface area contributed by atoms with Crippen LogP contribution < -0.4 is 0 Å². The third-order valence-electron chi connectivity index (χ3n) is 0. The molecule has 0 atom stereocenters. The molecule has 0 bridgehead atoms. The molecule has 0 saturated carbocycles. The van der Waals surface area contributed by atoms with Gasteiger partial charge in [0.1, 0.15) is 10.5 Å². The fraction of sp³-hybridized carbons (Fsp3) is 0. The van der Waals surface area contributed by atoms with Crippen LogP contribution in [0.2, 0.25) is 0 Å². The average molecular weight is 387 g/mol. The Hall–Kier alpha value is 0.562. The molecule has 0 rings (SSSR count). The number of rotatable bonds is 0. The first-order valence-electron chi connectivity index (χ1n) is 1.51. The SMILES string of the molecule is [CH-]=C.[CH-]=C.[CH3-].[CH3-].[CH3-].[CH3-].[Pt].[SiH2]O[SiH3]. The van der Waals surface area contributed by atoms with E-state index >= 15 is 0 Å². The van der Waals surface area contributed by atoms with Crippen molar-refractivity contribution in [3.8, 4) is 0 Å². The molecule has 0 aliphatic carbocycles. The fourth-order valence-electron chi connectivity index (χ4n) is 0. The van der Waals surface area contributed by atoms with Gasteiger partial charge in [-0.05, 0) is 0 Å². The molecule has 0 aromatic rings. The largest absolute Gasteiger partial charge is 0.521 e. The number of hydrogen-bond donors (Lipinski definition) is 0. The van der Waals surface area contributed by atoms with Gasteiger partial charge in [0.2, 0.25) is 0 Å². The van der Waals surface area contributed by atoms with Crippen LogP contribution in [-0.2, 0) is 25.2 Å². The molecule has 1 nitrogen and oxygen atoms in total. The molecule has 0 aliphatic rings. The van der Waals surface area contributed by atoms with Gasteiger partial charge in [-0.3, -0.25) is 13.2 Å². The van der Waals surface area contributed by atoms with Gasteiger partial charge in [0.05, 0.1) is 0 Å². The summed E-state index contributed by atoms with van der Waals surface area (Å²) in [5, 5.41) is 0. The van der Waals surface area contributed by atoms with Crippen molar-refractivity contribution in [2.24, 2.45) is 0 Å². The molecule has 12 heavy (non-hydrogen) atoms. The van der Waals surface area contributed by atoms with Gasteiger partial charge in [0.15, 0.2) is 10.5 Å². The second-order valence-corrected chi connectivity index (χ2v) is 2.60. The molecule has 0 fully saturated rings. The van der Waals surface area contributed by atoms with Crippen molar-refractivity contribution in [3.05, 3.63) is 56.0 Å². The minimum absolute atomic E-state index is 0. The molecule has 4 heteroatoms. The maximum Gasteiger partial charge on any atom is 0.157 e. The molecule has 0 heterocycles. The monoisotopic (exact) mass is 386 g/mol. The summed E-state index contributed by atoms with van der Waals surface area (Å²) in [7, 11) is 2.42. The Kier molecular flexibility index (Phi) is 3550. The first-order valence-corrected chi connectivity index (χ1v) is 2.91. The summed E-state index contributed by atoms with van der Waals surface area (Å²) in [4.78, 5) is 0. The van der Waals surface area contributed by atoms with Crippen LogP contribution in [0.3, 0.4) is 0 Å². The first-order chi connectivity index (χ1) is 3.41. The van der Waals surface area contributed by atoms with Gasteiger partial charge in [-0.2, -0.15) is 0 Å². The molecule has 0 saturated heterocycles.